The van der Waals surface area contributed by atoms with Gasteiger partial charge in [-0.2, -0.15) is 8.42 Å². The van der Waals surface area contributed by atoms with Gasteiger partial charge in [-0.3, -0.25) is 0 Å². The minimum absolute atomic E-state index is 0.214. The molecule has 1 N–H and O–H groups in total. The molecule has 0 unspecified atom stereocenters. The number of nitrogens with one attached hydrogen (secondary N) is 1. The molecule has 1 aromatic heterocycles. The number of aromatic nitrogens is 1. The third-order valence-electron chi connectivity index (χ3n) is 2.65. The van der Waals surface area contributed by atoms with Crippen molar-refractivity contribution in [2.45, 2.75) is 33.6 Å². The summed E-state index contributed by atoms with van der Waals surface area (Å²) < 4.78 is 33.1. The van der Waals surface area contributed by atoms with Crippen molar-refractivity contribution in [1.82, 2.24) is 4.98 Å². The number of hydrogen-bond acceptors (Lipinski definition) is 2. The fraction of sp³-hybridized carbons (Fsp3) is 0.600. The SMILES string of the molecule is CCc1c(C)[nH]c(CCS(=O)(=O)F)c1C. The molecule has 5 heteroatoms. The Morgan fingerprint density at radius 2 is 1.93 bits per heavy atom. The number of aryl methyl sites for hydroxylation is 2. The van der Waals surface area contributed by atoms with E-state index in [0.717, 1.165) is 23.4 Å². The van der Waals surface area contributed by atoms with Crippen LogP contribution in [0, 0.1) is 13.8 Å². The van der Waals surface area contributed by atoms with Gasteiger partial charge in [-0.1, -0.05) is 6.92 Å². The predicted octanol–water partition coefficient (Wildman–Crippen LogP) is 2.04. The Bertz CT molecular complexity index is 448. The first-order valence-corrected chi connectivity index (χ1v) is 6.49. The van der Waals surface area contributed by atoms with Crippen molar-refractivity contribution in [3.05, 3.63) is 22.5 Å². The summed E-state index contributed by atoms with van der Waals surface area (Å²) in [6, 6.07) is 0. The largest absolute Gasteiger partial charge is 0.362 e. The zero-order valence-electron chi connectivity index (χ0n) is 9.22. The molecule has 0 aliphatic carbocycles. The number of H-pyrrole nitrogens is 1. The molecule has 0 spiro atoms. The molecule has 15 heavy (non-hydrogen) atoms. The Balaban J connectivity index is 2.88. The summed E-state index contributed by atoms with van der Waals surface area (Å²) in [5.41, 5.74) is 4.12. The number of halogens is 1. The highest BCUT2D eigenvalue weighted by atomic mass is 32.3. The lowest BCUT2D eigenvalue weighted by Gasteiger charge is -1.98. The lowest BCUT2D eigenvalue weighted by atomic mass is 10.1. The van der Waals surface area contributed by atoms with Crippen LogP contribution in [-0.2, 0) is 23.1 Å². The molecule has 0 radical (unpaired) electrons. The van der Waals surface area contributed by atoms with Crippen molar-refractivity contribution in [2.24, 2.45) is 0 Å². The smallest absolute Gasteiger partial charge is 0.302 e. The molecule has 1 heterocycles. The maximum Gasteiger partial charge on any atom is 0.302 e. The first-order valence-electron chi connectivity index (χ1n) is 4.94. The van der Waals surface area contributed by atoms with Crippen LogP contribution in [0.3, 0.4) is 0 Å². The highest BCUT2D eigenvalue weighted by molar-refractivity contribution is 7.86. The molecular weight excluding hydrogens is 217 g/mol. The Labute approximate surface area is 89.9 Å². The van der Waals surface area contributed by atoms with E-state index in [-0.39, 0.29) is 6.42 Å². The van der Waals surface area contributed by atoms with Gasteiger partial charge in [0.05, 0.1) is 5.75 Å². The van der Waals surface area contributed by atoms with Gasteiger partial charge in [0.1, 0.15) is 0 Å². The monoisotopic (exact) mass is 233 g/mol. The summed E-state index contributed by atoms with van der Waals surface area (Å²) in [4.78, 5) is 3.11. The van der Waals surface area contributed by atoms with Gasteiger partial charge in [-0.05, 0) is 31.4 Å². The average molecular weight is 233 g/mol. The summed E-state index contributed by atoms with van der Waals surface area (Å²) in [7, 11) is -4.37. The molecule has 0 aliphatic heterocycles. The van der Waals surface area contributed by atoms with Crippen LogP contribution < -0.4 is 0 Å². The molecule has 1 rings (SSSR count). The van der Waals surface area contributed by atoms with Gasteiger partial charge in [-0.25, -0.2) is 0 Å². The van der Waals surface area contributed by atoms with Crippen LogP contribution in [0.15, 0.2) is 0 Å². The first kappa shape index (κ1) is 12.2. The highest BCUT2D eigenvalue weighted by Crippen LogP contribution is 2.19. The fourth-order valence-electron chi connectivity index (χ4n) is 1.86. The third-order valence-corrected chi connectivity index (χ3v) is 3.34. The molecule has 3 nitrogen and oxygen atoms in total. The molecule has 86 valence electrons. The van der Waals surface area contributed by atoms with Gasteiger partial charge in [0.15, 0.2) is 0 Å². The topological polar surface area (TPSA) is 49.9 Å². The van der Waals surface area contributed by atoms with E-state index in [1.54, 1.807) is 0 Å². The third kappa shape index (κ3) is 3.06. The van der Waals surface area contributed by atoms with E-state index in [9.17, 15) is 12.3 Å². The lowest BCUT2D eigenvalue weighted by Crippen LogP contribution is -2.03. The normalized spacial score (nSPS) is 12.0. The number of aromatic amines is 1. The van der Waals surface area contributed by atoms with Gasteiger partial charge in [0.2, 0.25) is 0 Å². The molecule has 0 amide bonds. The van der Waals surface area contributed by atoms with Crippen LogP contribution in [0.5, 0.6) is 0 Å². The summed E-state index contributed by atoms with van der Waals surface area (Å²) in [6.07, 6.45) is 1.11. The van der Waals surface area contributed by atoms with E-state index < -0.39 is 16.0 Å². The quantitative estimate of drug-likeness (QED) is 0.809. The van der Waals surface area contributed by atoms with Gasteiger partial charge >= 0.3 is 10.2 Å². The number of hydrogen-bond donors (Lipinski definition) is 1. The van der Waals surface area contributed by atoms with Crippen molar-refractivity contribution >= 4 is 10.2 Å². The second kappa shape index (κ2) is 4.35. The van der Waals surface area contributed by atoms with Crippen LogP contribution in [0.4, 0.5) is 3.89 Å². The second-order valence-corrected chi connectivity index (χ2v) is 5.16. The Morgan fingerprint density at radius 3 is 2.33 bits per heavy atom. The second-order valence-electron chi connectivity index (χ2n) is 3.68. The van der Waals surface area contributed by atoms with E-state index in [1.165, 1.54) is 5.56 Å². The first-order chi connectivity index (χ1) is 6.85. The Hall–Kier alpha value is -0.840. The van der Waals surface area contributed by atoms with Crippen molar-refractivity contribution in [3.63, 3.8) is 0 Å². The van der Waals surface area contributed by atoms with Crippen LogP contribution in [0.2, 0.25) is 0 Å². The van der Waals surface area contributed by atoms with Gasteiger partial charge in [0.25, 0.3) is 0 Å². The molecule has 0 fully saturated rings. The Kier molecular flexibility index (Phi) is 3.54. The van der Waals surface area contributed by atoms with Crippen molar-refractivity contribution in [2.75, 3.05) is 5.75 Å². The molecule has 0 aliphatic rings. The molecule has 0 aromatic carbocycles. The summed E-state index contributed by atoms with van der Waals surface area (Å²) in [5.74, 6) is -0.447. The standard InChI is InChI=1S/C10H16FNO2S/c1-4-9-7(2)10(12-8(9)3)5-6-15(11,13)14/h12H,4-6H2,1-3H3. The van der Waals surface area contributed by atoms with Gasteiger partial charge < -0.3 is 4.98 Å². The predicted molar refractivity (Wildman–Crippen MR) is 58.2 cm³/mol. The molecule has 1 aromatic rings. The summed E-state index contributed by atoms with van der Waals surface area (Å²) in [6.45, 7) is 5.92. The van der Waals surface area contributed by atoms with Crippen LogP contribution in [-0.4, -0.2) is 19.2 Å². The van der Waals surface area contributed by atoms with Gasteiger partial charge in [0, 0.05) is 17.8 Å². The van der Waals surface area contributed by atoms with Crippen molar-refractivity contribution < 1.29 is 12.3 Å². The minimum Gasteiger partial charge on any atom is -0.362 e. The Morgan fingerprint density at radius 1 is 1.33 bits per heavy atom. The maximum atomic E-state index is 12.4. The van der Waals surface area contributed by atoms with Crippen LogP contribution in [0.1, 0.15) is 29.4 Å². The van der Waals surface area contributed by atoms with E-state index >= 15 is 0 Å². The number of rotatable bonds is 4. The lowest BCUT2D eigenvalue weighted by molar-refractivity contribution is 0.551. The molecule has 0 saturated heterocycles. The zero-order chi connectivity index (χ0) is 11.6. The zero-order valence-corrected chi connectivity index (χ0v) is 10.0. The molecule has 0 bridgehead atoms. The van der Waals surface area contributed by atoms with E-state index in [1.807, 2.05) is 20.8 Å². The van der Waals surface area contributed by atoms with E-state index in [4.69, 9.17) is 0 Å². The molecular formula is C10H16FNO2S. The van der Waals surface area contributed by atoms with Gasteiger partial charge in [-0.15, -0.1) is 3.89 Å². The van der Waals surface area contributed by atoms with Crippen LogP contribution in [0.25, 0.3) is 0 Å². The summed E-state index contributed by atoms with van der Waals surface area (Å²) >= 11 is 0. The van der Waals surface area contributed by atoms with Crippen LogP contribution >= 0.6 is 0 Å². The van der Waals surface area contributed by atoms with Crippen molar-refractivity contribution in [1.29, 1.82) is 0 Å². The highest BCUT2D eigenvalue weighted by Gasteiger charge is 2.13. The minimum atomic E-state index is -4.37. The fourth-order valence-corrected chi connectivity index (χ4v) is 2.31. The van der Waals surface area contributed by atoms with Crippen molar-refractivity contribution in [3.8, 4) is 0 Å². The average Bonchev–Trinajstić information content (AvgIpc) is 2.37. The molecule has 0 saturated carbocycles. The van der Waals surface area contributed by atoms with E-state index in [0.29, 0.717) is 0 Å². The van der Waals surface area contributed by atoms with E-state index in [2.05, 4.69) is 4.98 Å². The molecule has 0 atom stereocenters. The maximum absolute atomic E-state index is 12.4. The summed E-state index contributed by atoms with van der Waals surface area (Å²) in [5, 5.41) is 0.